The van der Waals surface area contributed by atoms with Crippen molar-refractivity contribution in [1.29, 1.82) is 0 Å². The number of thiazole rings is 1. The number of aromatic carboxylic acids is 1. The van der Waals surface area contributed by atoms with E-state index in [1.807, 2.05) is 81.4 Å². The molecule has 0 radical (unpaired) electrons. The van der Waals surface area contributed by atoms with Gasteiger partial charge in [0.05, 0.1) is 23.9 Å². The van der Waals surface area contributed by atoms with Crippen molar-refractivity contribution in [2.45, 2.75) is 91.1 Å². The van der Waals surface area contributed by atoms with Gasteiger partial charge in [-0.3, -0.25) is 19.8 Å². The number of carbonyl (C=O) groups excluding carboxylic acids is 2. The predicted octanol–water partition coefficient (Wildman–Crippen LogP) is 9.30. The molecule has 1 amide bonds. The van der Waals surface area contributed by atoms with E-state index < -0.39 is 16.9 Å². The van der Waals surface area contributed by atoms with Crippen molar-refractivity contribution in [3.63, 3.8) is 0 Å². The third kappa shape index (κ3) is 8.84. The van der Waals surface area contributed by atoms with Crippen LogP contribution in [0.15, 0.2) is 66.7 Å². The van der Waals surface area contributed by atoms with Crippen LogP contribution in [0.25, 0.3) is 21.3 Å². The van der Waals surface area contributed by atoms with E-state index in [0.717, 1.165) is 82.6 Å². The first-order chi connectivity index (χ1) is 28.1. The van der Waals surface area contributed by atoms with Crippen LogP contribution in [0.5, 0.6) is 5.75 Å². The number of methoxy groups -OCH3 is 1. The number of rotatable bonds is 12. The zero-order valence-electron chi connectivity index (χ0n) is 35.2. The number of nitrogens with zero attached hydrogens (tertiary/aromatic N) is 4. The van der Waals surface area contributed by atoms with Crippen LogP contribution in [0, 0.1) is 12.8 Å². The number of hydrogen-bond donors (Lipinski definition) is 2. The summed E-state index contributed by atoms with van der Waals surface area (Å²) in [6, 6.07) is 21.4. The molecule has 2 aromatic heterocycles. The van der Waals surface area contributed by atoms with E-state index in [0.29, 0.717) is 54.1 Å². The first kappa shape index (κ1) is 41.8. The highest BCUT2D eigenvalue weighted by Crippen LogP contribution is 2.42. The first-order valence-corrected chi connectivity index (χ1v) is 21.3. The summed E-state index contributed by atoms with van der Waals surface area (Å²) in [5, 5.41) is 14.3. The number of benzene rings is 3. The zero-order valence-corrected chi connectivity index (χ0v) is 36.0. The van der Waals surface area contributed by atoms with Crippen molar-refractivity contribution in [1.82, 2.24) is 14.9 Å². The topological polar surface area (TPSA) is 134 Å². The Morgan fingerprint density at radius 1 is 0.949 bits per heavy atom. The largest absolute Gasteiger partial charge is 0.493 e. The number of ether oxygens (including phenoxy) is 2. The normalized spacial score (nSPS) is 15.2. The van der Waals surface area contributed by atoms with Crippen molar-refractivity contribution in [2.75, 3.05) is 43.6 Å². The Labute approximate surface area is 350 Å². The molecule has 0 aliphatic carbocycles. The van der Waals surface area contributed by atoms with Gasteiger partial charge in [-0.2, -0.15) is 0 Å². The SMILES string of the molecule is COC(=O)C(C)(C)N1CCC(CCCOc2cccc(-c3c(C(C)(C)C)cc(N4CCc5cccc(C(=O)Nc6nc7ccccc7s6)c5C4)nc3C(=O)O)c2C)CC1. The smallest absolute Gasteiger partial charge is 0.355 e. The lowest BCUT2D eigenvalue weighted by Gasteiger charge is -2.41. The molecule has 0 spiro atoms. The molecule has 2 aliphatic heterocycles. The summed E-state index contributed by atoms with van der Waals surface area (Å²) in [6.45, 7) is 15.4. The van der Waals surface area contributed by atoms with Gasteiger partial charge >= 0.3 is 11.9 Å². The molecular weight excluding hydrogens is 763 g/mol. The number of carboxylic acid groups (broad SMARTS) is 1. The van der Waals surface area contributed by atoms with Crippen molar-refractivity contribution >= 4 is 50.3 Å². The van der Waals surface area contributed by atoms with Crippen molar-refractivity contribution in [2.24, 2.45) is 5.92 Å². The van der Waals surface area contributed by atoms with E-state index in [2.05, 4.69) is 46.9 Å². The lowest BCUT2D eigenvalue weighted by Crippen LogP contribution is -2.53. The average molecular weight is 818 g/mol. The van der Waals surface area contributed by atoms with Crippen LogP contribution in [0.4, 0.5) is 10.9 Å². The first-order valence-electron chi connectivity index (χ1n) is 20.5. The van der Waals surface area contributed by atoms with E-state index in [-0.39, 0.29) is 17.6 Å². The Balaban J connectivity index is 1.09. The Bertz CT molecular complexity index is 2340. The minimum Gasteiger partial charge on any atom is -0.493 e. The average Bonchev–Trinajstić information content (AvgIpc) is 3.64. The summed E-state index contributed by atoms with van der Waals surface area (Å²) >= 11 is 1.44. The molecule has 1 fully saturated rings. The third-order valence-electron chi connectivity index (χ3n) is 12.0. The number of anilines is 2. The number of carbonyl (C=O) groups is 3. The van der Waals surface area contributed by atoms with Crippen LogP contribution in [-0.2, 0) is 27.9 Å². The number of piperidine rings is 1. The summed E-state index contributed by atoms with van der Waals surface area (Å²) in [4.78, 5) is 53.0. The van der Waals surface area contributed by atoms with Crippen LogP contribution < -0.4 is 15.0 Å². The molecule has 0 unspecified atom stereocenters. The molecule has 12 heteroatoms. The molecule has 0 saturated carbocycles. The number of aromatic nitrogens is 2. The number of esters is 1. The van der Waals surface area contributed by atoms with E-state index >= 15 is 0 Å². The molecule has 310 valence electrons. The van der Waals surface area contributed by atoms with Gasteiger partial charge in [0.15, 0.2) is 10.8 Å². The van der Waals surface area contributed by atoms with Gasteiger partial charge in [0, 0.05) is 24.2 Å². The van der Waals surface area contributed by atoms with Gasteiger partial charge in [-0.15, -0.1) is 0 Å². The van der Waals surface area contributed by atoms with Gasteiger partial charge in [0.25, 0.3) is 5.91 Å². The number of para-hydroxylation sites is 1. The minimum atomic E-state index is -1.10. The van der Waals surface area contributed by atoms with Gasteiger partial charge in [-0.25, -0.2) is 14.8 Å². The molecule has 5 aromatic rings. The second-order valence-electron chi connectivity index (χ2n) is 17.3. The highest BCUT2D eigenvalue weighted by atomic mass is 32.1. The van der Waals surface area contributed by atoms with Crippen molar-refractivity contribution in [3.8, 4) is 16.9 Å². The van der Waals surface area contributed by atoms with Crippen LogP contribution in [-0.4, -0.2) is 76.7 Å². The van der Waals surface area contributed by atoms with Crippen molar-refractivity contribution < 1.29 is 29.0 Å². The predicted molar refractivity (Wildman–Crippen MR) is 234 cm³/mol. The maximum absolute atomic E-state index is 13.7. The summed E-state index contributed by atoms with van der Waals surface area (Å²) in [5.41, 5.74) is 5.41. The number of hydrogen-bond acceptors (Lipinski definition) is 10. The summed E-state index contributed by atoms with van der Waals surface area (Å²) < 4.78 is 12.4. The van der Waals surface area contributed by atoms with Crippen LogP contribution >= 0.6 is 11.3 Å². The third-order valence-corrected chi connectivity index (χ3v) is 13.0. The molecule has 0 atom stereocenters. The lowest BCUT2D eigenvalue weighted by molar-refractivity contribution is -0.154. The van der Waals surface area contributed by atoms with Gasteiger partial charge in [-0.05, 0) is 135 Å². The number of nitrogens with one attached hydrogen (secondary N) is 1. The highest BCUT2D eigenvalue weighted by molar-refractivity contribution is 7.22. The molecule has 59 heavy (non-hydrogen) atoms. The monoisotopic (exact) mass is 817 g/mol. The summed E-state index contributed by atoms with van der Waals surface area (Å²) in [6.07, 6.45) is 4.65. The molecule has 1 saturated heterocycles. The molecule has 7 rings (SSSR count). The Morgan fingerprint density at radius 3 is 2.41 bits per heavy atom. The Morgan fingerprint density at radius 2 is 1.69 bits per heavy atom. The number of pyridine rings is 1. The van der Waals surface area contributed by atoms with Crippen molar-refractivity contribution in [3.05, 3.63) is 100 Å². The second kappa shape index (κ2) is 17.1. The summed E-state index contributed by atoms with van der Waals surface area (Å²) in [7, 11) is 1.44. The quantitative estimate of drug-likeness (QED) is 0.0927. The standard InChI is InChI=1S/C47H55N5O6S/c1-29-32(15-11-18-37(29)58-26-12-13-30-20-24-52(25-21-30)47(5,6)44(56)57-7)40-35(46(2,3)4)27-39(49-41(40)43(54)55)51-23-22-31-14-10-16-33(34(31)28-51)42(53)50-45-48-36-17-8-9-19-38(36)59-45/h8-11,14-19,27,30H,12-13,20-26,28H2,1-7H3,(H,54,55)(H,48,50,53). The fourth-order valence-electron chi connectivity index (χ4n) is 8.55. The van der Waals surface area contributed by atoms with E-state index in [9.17, 15) is 19.5 Å². The zero-order chi connectivity index (χ0) is 42.1. The Hall–Kier alpha value is -5.33. The molecular formula is C47H55N5O6S. The van der Waals surface area contributed by atoms with Crippen LogP contribution in [0.2, 0.25) is 0 Å². The maximum atomic E-state index is 13.7. The fraction of sp³-hybridized carbons (Fsp3) is 0.426. The number of likely N-dealkylation sites (tertiary alicyclic amines) is 1. The number of fused-ring (bicyclic) bond motifs is 2. The number of amides is 1. The molecule has 2 N–H and O–H groups in total. The molecule has 4 heterocycles. The molecule has 0 bridgehead atoms. The maximum Gasteiger partial charge on any atom is 0.355 e. The molecule has 3 aromatic carbocycles. The molecule has 2 aliphatic rings. The van der Waals surface area contributed by atoms with E-state index in [4.69, 9.17) is 14.5 Å². The second-order valence-corrected chi connectivity index (χ2v) is 18.3. The molecule has 11 nitrogen and oxygen atoms in total. The van der Waals surface area contributed by atoms with Gasteiger partial charge < -0.3 is 19.5 Å². The van der Waals surface area contributed by atoms with Crippen LogP contribution in [0.3, 0.4) is 0 Å². The minimum absolute atomic E-state index is 0.0120. The van der Waals surface area contributed by atoms with E-state index in [1.165, 1.54) is 18.4 Å². The van der Waals surface area contributed by atoms with Gasteiger partial charge in [0.1, 0.15) is 17.1 Å². The number of carboxylic acids is 1. The Kier molecular flexibility index (Phi) is 12.1. The van der Waals surface area contributed by atoms with Gasteiger partial charge in [-0.1, -0.05) is 68.5 Å². The highest BCUT2D eigenvalue weighted by Gasteiger charge is 2.38. The van der Waals surface area contributed by atoms with E-state index in [1.54, 1.807) is 0 Å². The summed E-state index contributed by atoms with van der Waals surface area (Å²) in [5.74, 6) is 0.314. The lowest BCUT2D eigenvalue weighted by atomic mass is 9.80. The fourth-order valence-corrected chi connectivity index (χ4v) is 9.41. The van der Waals surface area contributed by atoms with Crippen LogP contribution in [0.1, 0.15) is 103 Å². The van der Waals surface area contributed by atoms with Gasteiger partial charge in [0.2, 0.25) is 0 Å².